The highest BCUT2D eigenvalue weighted by Crippen LogP contribution is 2.34. The molecule has 1 aliphatic rings. The molecule has 1 atom stereocenters. The highest BCUT2D eigenvalue weighted by Gasteiger charge is 2.15. The van der Waals surface area contributed by atoms with Crippen molar-refractivity contribution in [1.29, 1.82) is 0 Å². The van der Waals surface area contributed by atoms with Gasteiger partial charge in [0.2, 0.25) is 0 Å². The number of hydrogen-bond donors (Lipinski definition) is 0. The molecule has 0 N–H and O–H groups in total. The lowest BCUT2D eigenvalue weighted by Gasteiger charge is -2.22. The van der Waals surface area contributed by atoms with Gasteiger partial charge in [0.05, 0.1) is 0 Å². The number of rotatable bonds is 10. The number of aryl methyl sites for hydroxylation is 1. The van der Waals surface area contributed by atoms with Crippen molar-refractivity contribution in [2.45, 2.75) is 90.9 Å². The summed E-state index contributed by atoms with van der Waals surface area (Å²) in [5, 5.41) is 2.80. The standard InChI is InChI=1S/C27H38/c1-3-5-7-9-10-22-12-15-24(16-13-22)26-19-18-25-20-23(11-8-6-4-2)14-17-27(25)21-26/h14-15,17-22H,3-13,16H2,1-2H3. The molecule has 0 nitrogen and oxygen atoms in total. The van der Waals surface area contributed by atoms with Crippen LogP contribution < -0.4 is 0 Å². The van der Waals surface area contributed by atoms with Crippen LogP contribution in [0.2, 0.25) is 0 Å². The molecule has 3 rings (SSSR count). The zero-order chi connectivity index (χ0) is 18.9. The number of benzene rings is 2. The first kappa shape index (κ1) is 20.2. The average molecular weight is 363 g/mol. The molecule has 0 spiro atoms. The molecular formula is C27H38. The van der Waals surface area contributed by atoms with Crippen LogP contribution in [-0.2, 0) is 6.42 Å². The SMILES string of the molecule is CCCCCCC1CC=C(c2ccc3cc(CCCCC)ccc3c2)CC1. The van der Waals surface area contributed by atoms with Gasteiger partial charge >= 0.3 is 0 Å². The fourth-order valence-corrected chi connectivity index (χ4v) is 4.50. The van der Waals surface area contributed by atoms with E-state index in [2.05, 4.69) is 56.3 Å². The van der Waals surface area contributed by atoms with Crippen LogP contribution in [0.4, 0.5) is 0 Å². The second-order valence-electron chi connectivity index (χ2n) is 8.57. The normalized spacial score (nSPS) is 17.3. The Hall–Kier alpha value is -1.56. The van der Waals surface area contributed by atoms with Gasteiger partial charge in [0.15, 0.2) is 0 Å². The Morgan fingerprint density at radius 3 is 2.37 bits per heavy atom. The number of hydrogen-bond acceptors (Lipinski definition) is 0. The molecule has 0 aromatic heterocycles. The smallest absolute Gasteiger partial charge is 0.0178 e. The maximum absolute atomic E-state index is 2.54. The molecule has 2 aromatic carbocycles. The fourth-order valence-electron chi connectivity index (χ4n) is 4.50. The third kappa shape index (κ3) is 5.96. The largest absolute Gasteiger partial charge is 0.0804 e. The Morgan fingerprint density at radius 1 is 0.815 bits per heavy atom. The lowest BCUT2D eigenvalue weighted by molar-refractivity contribution is 0.425. The van der Waals surface area contributed by atoms with Crippen LogP contribution in [0, 0.1) is 5.92 Å². The Bertz CT molecular complexity index is 737. The lowest BCUT2D eigenvalue weighted by atomic mass is 9.83. The summed E-state index contributed by atoms with van der Waals surface area (Å²) in [7, 11) is 0. The van der Waals surface area contributed by atoms with E-state index in [4.69, 9.17) is 0 Å². The monoisotopic (exact) mass is 362 g/mol. The summed E-state index contributed by atoms with van der Waals surface area (Å²) in [4.78, 5) is 0. The second-order valence-corrected chi connectivity index (χ2v) is 8.57. The van der Waals surface area contributed by atoms with Crippen molar-refractivity contribution >= 4 is 16.3 Å². The van der Waals surface area contributed by atoms with Crippen molar-refractivity contribution in [2.75, 3.05) is 0 Å². The molecule has 0 heteroatoms. The van der Waals surface area contributed by atoms with Crippen molar-refractivity contribution in [2.24, 2.45) is 5.92 Å². The molecule has 0 fully saturated rings. The van der Waals surface area contributed by atoms with E-state index >= 15 is 0 Å². The highest BCUT2D eigenvalue weighted by molar-refractivity contribution is 5.87. The summed E-state index contributed by atoms with van der Waals surface area (Å²) >= 11 is 0. The van der Waals surface area contributed by atoms with E-state index in [1.165, 1.54) is 98.9 Å². The first-order valence-corrected chi connectivity index (χ1v) is 11.5. The minimum Gasteiger partial charge on any atom is -0.0804 e. The van der Waals surface area contributed by atoms with Gasteiger partial charge < -0.3 is 0 Å². The van der Waals surface area contributed by atoms with Crippen LogP contribution in [0.15, 0.2) is 42.5 Å². The van der Waals surface area contributed by atoms with Gasteiger partial charge in [0.1, 0.15) is 0 Å². The van der Waals surface area contributed by atoms with Crippen molar-refractivity contribution < 1.29 is 0 Å². The van der Waals surface area contributed by atoms with Gasteiger partial charge in [-0.15, -0.1) is 0 Å². The molecule has 0 saturated carbocycles. The summed E-state index contributed by atoms with van der Waals surface area (Å²) in [6.45, 7) is 4.57. The molecule has 146 valence electrons. The van der Waals surface area contributed by atoms with Crippen LogP contribution in [0.25, 0.3) is 16.3 Å². The van der Waals surface area contributed by atoms with Gasteiger partial charge in [0.25, 0.3) is 0 Å². The Balaban J connectivity index is 1.60. The van der Waals surface area contributed by atoms with E-state index in [0.29, 0.717) is 0 Å². The van der Waals surface area contributed by atoms with Crippen molar-refractivity contribution in [3.8, 4) is 0 Å². The first-order valence-electron chi connectivity index (χ1n) is 11.5. The van der Waals surface area contributed by atoms with E-state index < -0.39 is 0 Å². The summed E-state index contributed by atoms with van der Waals surface area (Å²) in [5.41, 5.74) is 4.52. The zero-order valence-electron chi connectivity index (χ0n) is 17.6. The zero-order valence-corrected chi connectivity index (χ0v) is 17.6. The maximum Gasteiger partial charge on any atom is -0.0178 e. The van der Waals surface area contributed by atoms with Crippen molar-refractivity contribution in [3.63, 3.8) is 0 Å². The molecule has 0 saturated heterocycles. The summed E-state index contributed by atoms with van der Waals surface area (Å²) in [5.74, 6) is 0.928. The minimum atomic E-state index is 0.928. The molecule has 1 aliphatic carbocycles. The van der Waals surface area contributed by atoms with E-state index in [1.807, 2.05) is 0 Å². The van der Waals surface area contributed by atoms with E-state index in [-0.39, 0.29) is 0 Å². The van der Waals surface area contributed by atoms with Gasteiger partial charge in [-0.25, -0.2) is 0 Å². The number of fused-ring (bicyclic) bond motifs is 1. The third-order valence-electron chi connectivity index (χ3n) is 6.33. The molecule has 27 heavy (non-hydrogen) atoms. The van der Waals surface area contributed by atoms with Crippen LogP contribution in [-0.4, -0.2) is 0 Å². The Morgan fingerprint density at radius 2 is 1.59 bits per heavy atom. The molecule has 0 amide bonds. The van der Waals surface area contributed by atoms with Crippen molar-refractivity contribution in [1.82, 2.24) is 0 Å². The van der Waals surface area contributed by atoms with E-state index in [1.54, 1.807) is 5.57 Å². The van der Waals surface area contributed by atoms with Gasteiger partial charge in [-0.1, -0.05) is 95.2 Å². The minimum absolute atomic E-state index is 0.928. The van der Waals surface area contributed by atoms with Crippen LogP contribution in [0.5, 0.6) is 0 Å². The van der Waals surface area contributed by atoms with Crippen molar-refractivity contribution in [3.05, 3.63) is 53.6 Å². The molecule has 0 radical (unpaired) electrons. The predicted molar refractivity (Wildman–Crippen MR) is 121 cm³/mol. The summed E-state index contributed by atoms with van der Waals surface area (Å²) in [6.07, 6.45) is 18.7. The Kier molecular flexibility index (Phi) is 7.99. The van der Waals surface area contributed by atoms with E-state index in [9.17, 15) is 0 Å². The molecule has 0 heterocycles. The van der Waals surface area contributed by atoms with Crippen LogP contribution in [0.1, 0.15) is 95.6 Å². The fraction of sp³-hybridized carbons (Fsp3) is 0.556. The van der Waals surface area contributed by atoms with Crippen LogP contribution in [0.3, 0.4) is 0 Å². The van der Waals surface area contributed by atoms with Gasteiger partial charge in [0, 0.05) is 0 Å². The number of unbranched alkanes of at least 4 members (excludes halogenated alkanes) is 5. The van der Waals surface area contributed by atoms with Gasteiger partial charge in [-0.3, -0.25) is 0 Å². The van der Waals surface area contributed by atoms with E-state index in [0.717, 1.165) is 5.92 Å². The molecule has 1 unspecified atom stereocenters. The summed E-state index contributed by atoms with van der Waals surface area (Å²) < 4.78 is 0. The lowest BCUT2D eigenvalue weighted by Crippen LogP contribution is -2.05. The first-order chi connectivity index (χ1) is 13.3. The number of allylic oxidation sites excluding steroid dienone is 2. The highest BCUT2D eigenvalue weighted by atomic mass is 14.2. The average Bonchev–Trinajstić information content (AvgIpc) is 2.71. The topological polar surface area (TPSA) is 0 Å². The molecular weight excluding hydrogens is 324 g/mol. The summed E-state index contributed by atoms with van der Waals surface area (Å²) in [6, 6.07) is 14.2. The molecule has 2 aromatic rings. The quantitative estimate of drug-likeness (QED) is 0.371. The molecule has 0 aliphatic heterocycles. The second kappa shape index (κ2) is 10.7. The van der Waals surface area contributed by atoms with Gasteiger partial charge in [-0.05, 0) is 71.6 Å². The predicted octanol–water partition coefficient (Wildman–Crippen LogP) is 8.73. The third-order valence-corrected chi connectivity index (χ3v) is 6.33. The Labute approximate surface area is 167 Å². The maximum atomic E-state index is 2.54. The van der Waals surface area contributed by atoms with Crippen LogP contribution >= 0.6 is 0 Å². The molecule has 0 bridgehead atoms. The van der Waals surface area contributed by atoms with Gasteiger partial charge in [-0.2, -0.15) is 0 Å².